The zero-order chi connectivity index (χ0) is 23.7. The largest absolute Gasteiger partial charge is 0.494 e. The average molecular weight is 451 g/mol. The van der Waals surface area contributed by atoms with Crippen molar-refractivity contribution in [3.63, 3.8) is 0 Å². The molecule has 0 radical (unpaired) electrons. The first-order chi connectivity index (χ1) is 15.8. The summed E-state index contributed by atoms with van der Waals surface area (Å²) in [4.78, 5) is 20.2. The third-order valence-corrected chi connectivity index (χ3v) is 5.90. The second-order valence-electron chi connectivity index (χ2n) is 7.95. The van der Waals surface area contributed by atoms with Crippen molar-refractivity contribution in [3.8, 4) is 34.2 Å². The molecule has 1 fully saturated rings. The lowest BCUT2D eigenvalue weighted by molar-refractivity contribution is 0.386. The Bertz CT molecular complexity index is 1310. The van der Waals surface area contributed by atoms with E-state index < -0.39 is 17.2 Å². The maximum atomic E-state index is 15.2. The highest BCUT2D eigenvalue weighted by atomic mass is 19.1. The fourth-order valence-electron chi connectivity index (χ4n) is 4.05. The zero-order valence-corrected chi connectivity index (χ0v) is 18.3. The van der Waals surface area contributed by atoms with Crippen molar-refractivity contribution in [2.75, 3.05) is 25.1 Å². The normalized spacial score (nSPS) is 14.2. The number of aromatic nitrogens is 2. The fraction of sp³-hybridized carbons (Fsp3) is 0.292. The number of ether oxygens (including phenoxy) is 1. The number of nitriles is 1. The Hall–Kier alpha value is -3.77. The molecule has 7 nitrogen and oxygen atoms in total. The lowest BCUT2D eigenvalue weighted by atomic mass is 9.98. The Morgan fingerprint density at radius 3 is 2.58 bits per heavy atom. The first-order valence-electron chi connectivity index (χ1n) is 10.5. The van der Waals surface area contributed by atoms with E-state index in [0.717, 1.165) is 18.9 Å². The van der Waals surface area contributed by atoms with Gasteiger partial charge in [0, 0.05) is 31.7 Å². The molecular formula is C24H23F2N5O2. The van der Waals surface area contributed by atoms with Crippen molar-refractivity contribution in [3.05, 3.63) is 63.9 Å². The molecule has 2 heterocycles. The zero-order valence-electron chi connectivity index (χ0n) is 18.3. The summed E-state index contributed by atoms with van der Waals surface area (Å²) >= 11 is 0. The molecule has 4 rings (SSSR count). The number of nitrogens with two attached hydrogens (primary N) is 1. The lowest BCUT2D eigenvalue weighted by Crippen LogP contribution is -2.42. The van der Waals surface area contributed by atoms with Gasteiger partial charge in [-0.3, -0.25) is 9.36 Å². The van der Waals surface area contributed by atoms with E-state index in [2.05, 4.69) is 4.98 Å². The van der Waals surface area contributed by atoms with Crippen LogP contribution in [0.1, 0.15) is 18.4 Å². The number of hydrogen-bond donors (Lipinski definition) is 1. The van der Waals surface area contributed by atoms with Gasteiger partial charge in [-0.1, -0.05) is 12.1 Å². The number of rotatable bonds is 4. The van der Waals surface area contributed by atoms with E-state index >= 15 is 4.39 Å². The third kappa shape index (κ3) is 4.05. The van der Waals surface area contributed by atoms with Gasteiger partial charge < -0.3 is 15.4 Å². The molecule has 1 aromatic heterocycles. The number of benzene rings is 2. The minimum absolute atomic E-state index is 0.00654. The summed E-state index contributed by atoms with van der Waals surface area (Å²) in [7, 11) is 2.92. The van der Waals surface area contributed by atoms with Gasteiger partial charge in [0.1, 0.15) is 11.9 Å². The van der Waals surface area contributed by atoms with E-state index in [1.165, 1.54) is 42.0 Å². The van der Waals surface area contributed by atoms with Gasteiger partial charge >= 0.3 is 0 Å². The Morgan fingerprint density at radius 2 is 1.94 bits per heavy atom. The molecule has 0 saturated carbocycles. The number of nitrogens with zero attached hydrogens (tertiary/aromatic N) is 4. The summed E-state index contributed by atoms with van der Waals surface area (Å²) in [5.41, 5.74) is 5.67. The molecule has 2 aromatic carbocycles. The average Bonchev–Trinajstić information content (AvgIpc) is 2.81. The van der Waals surface area contributed by atoms with Crippen molar-refractivity contribution in [2.45, 2.75) is 18.9 Å². The predicted molar refractivity (Wildman–Crippen MR) is 121 cm³/mol. The van der Waals surface area contributed by atoms with Crippen molar-refractivity contribution in [2.24, 2.45) is 12.8 Å². The van der Waals surface area contributed by atoms with E-state index in [1.807, 2.05) is 11.0 Å². The SMILES string of the molecule is COc1ccc(-c2c(-c3cccc(C#N)c3F)nc(N3CCC(N)CC3)n(C)c2=O)cc1F. The number of piperidine rings is 1. The maximum absolute atomic E-state index is 15.2. The van der Waals surface area contributed by atoms with Crippen molar-refractivity contribution in [1.29, 1.82) is 5.26 Å². The highest BCUT2D eigenvalue weighted by molar-refractivity contribution is 5.82. The minimum Gasteiger partial charge on any atom is -0.494 e. The summed E-state index contributed by atoms with van der Waals surface area (Å²) in [6.45, 7) is 1.19. The van der Waals surface area contributed by atoms with Gasteiger partial charge in [0.15, 0.2) is 11.6 Å². The van der Waals surface area contributed by atoms with E-state index in [1.54, 1.807) is 7.05 Å². The molecule has 3 aromatic rings. The summed E-state index contributed by atoms with van der Waals surface area (Å²) in [6.07, 6.45) is 1.46. The molecule has 33 heavy (non-hydrogen) atoms. The molecule has 0 atom stereocenters. The standard InChI is InChI=1S/C24H23F2N5O2/c1-30-23(32)20(14-6-7-19(33-2)18(25)12-14)22(17-5-3-4-15(13-27)21(17)26)29-24(30)31-10-8-16(28)9-11-31/h3-7,12,16H,8-11,28H2,1-2H3. The van der Waals surface area contributed by atoms with Gasteiger partial charge in [-0.15, -0.1) is 0 Å². The number of anilines is 1. The van der Waals surface area contributed by atoms with E-state index in [4.69, 9.17) is 10.5 Å². The molecule has 0 amide bonds. The third-order valence-electron chi connectivity index (χ3n) is 5.90. The molecule has 1 aliphatic heterocycles. The van der Waals surface area contributed by atoms with Crippen LogP contribution in [-0.4, -0.2) is 35.8 Å². The molecule has 2 N–H and O–H groups in total. The van der Waals surface area contributed by atoms with Crippen LogP contribution < -0.4 is 20.9 Å². The van der Waals surface area contributed by atoms with Crippen LogP contribution in [0.3, 0.4) is 0 Å². The molecule has 0 bridgehead atoms. The minimum atomic E-state index is -0.789. The molecule has 0 aliphatic carbocycles. The van der Waals surface area contributed by atoms with Gasteiger partial charge in [0.05, 0.1) is 23.9 Å². The van der Waals surface area contributed by atoms with E-state index in [0.29, 0.717) is 19.0 Å². The highest BCUT2D eigenvalue weighted by Crippen LogP contribution is 2.34. The fourth-order valence-corrected chi connectivity index (χ4v) is 4.05. The van der Waals surface area contributed by atoms with Crippen LogP contribution in [0.15, 0.2) is 41.2 Å². The van der Waals surface area contributed by atoms with Gasteiger partial charge in [-0.25, -0.2) is 13.8 Å². The lowest BCUT2D eigenvalue weighted by Gasteiger charge is -2.32. The molecule has 1 aliphatic rings. The van der Waals surface area contributed by atoms with Gasteiger partial charge in [0.2, 0.25) is 5.95 Å². The summed E-state index contributed by atoms with van der Waals surface area (Å²) < 4.78 is 36.1. The summed E-state index contributed by atoms with van der Waals surface area (Å²) in [5.74, 6) is -1.07. The van der Waals surface area contributed by atoms with Crippen LogP contribution in [0.2, 0.25) is 0 Å². The first-order valence-corrected chi connectivity index (χ1v) is 10.5. The molecule has 1 saturated heterocycles. The van der Waals surface area contributed by atoms with Crippen molar-refractivity contribution < 1.29 is 13.5 Å². The second-order valence-corrected chi connectivity index (χ2v) is 7.95. The van der Waals surface area contributed by atoms with Crippen LogP contribution in [0.4, 0.5) is 14.7 Å². The van der Waals surface area contributed by atoms with Crippen molar-refractivity contribution >= 4 is 5.95 Å². The van der Waals surface area contributed by atoms with Crippen LogP contribution in [0, 0.1) is 23.0 Å². The van der Waals surface area contributed by atoms with Crippen LogP contribution >= 0.6 is 0 Å². The van der Waals surface area contributed by atoms with Crippen LogP contribution in [0.5, 0.6) is 5.75 Å². The van der Waals surface area contributed by atoms with Gasteiger partial charge in [-0.2, -0.15) is 5.26 Å². The van der Waals surface area contributed by atoms with Gasteiger partial charge in [0.25, 0.3) is 5.56 Å². The Labute approximate surface area is 189 Å². The monoisotopic (exact) mass is 451 g/mol. The summed E-state index contributed by atoms with van der Waals surface area (Å²) in [5, 5.41) is 9.29. The smallest absolute Gasteiger partial charge is 0.263 e. The topological polar surface area (TPSA) is 97.2 Å². The van der Waals surface area contributed by atoms with E-state index in [9.17, 15) is 14.4 Å². The first kappa shape index (κ1) is 22.4. The Kier molecular flexibility index (Phi) is 6.11. The Balaban J connectivity index is 2.00. The van der Waals surface area contributed by atoms with Crippen LogP contribution in [0.25, 0.3) is 22.4 Å². The van der Waals surface area contributed by atoms with E-state index in [-0.39, 0.29) is 39.7 Å². The predicted octanol–water partition coefficient (Wildman–Crippen LogP) is 3.20. The highest BCUT2D eigenvalue weighted by Gasteiger charge is 2.26. The van der Waals surface area contributed by atoms with Crippen molar-refractivity contribution in [1.82, 2.24) is 9.55 Å². The summed E-state index contributed by atoms with van der Waals surface area (Å²) in [6, 6.07) is 10.3. The molecule has 9 heteroatoms. The Morgan fingerprint density at radius 1 is 1.21 bits per heavy atom. The number of hydrogen-bond acceptors (Lipinski definition) is 6. The molecule has 170 valence electrons. The van der Waals surface area contributed by atoms with Crippen LogP contribution in [-0.2, 0) is 7.05 Å². The molecular weight excluding hydrogens is 428 g/mol. The van der Waals surface area contributed by atoms with Gasteiger partial charge in [-0.05, 0) is 42.7 Å². The quantitative estimate of drug-likeness (QED) is 0.654. The number of methoxy groups -OCH3 is 1. The number of halogens is 2. The maximum Gasteiger partial charge on any atom is 0.263 e. The second kappa shape index (κ2) is 9.00. The molecule has 0 spiro atoms. The molecule has 0 unspecified atom stereocenters.